The average molecular weight is 434 g/mol. The molecule has 0 aliphatic rings. The molecule has 1 aromatic rings. The van der Waals surface area contributed by atoms with Gasteiger partial charge in [0.25, 0.3) is 0 Å². The molecule has 0 saturated heterocycles. The van der Waals surface area contributed by atoms with Crippen LogP contribution in [0.5, 0.6) is 0 Å². The lowest BCUT2D eigenvalue weighted by Crippen LogP contribution is -2.38. The highest BCUT2D eigenvalue weighted by molar-refractivity contribution is 14.0. The van der Waals surface area contributed by atoms with Gasteiger partial charge >= 0.3 is 0 Å². The number of hydrogen-bond donors (Lipinski definition) is 1. The van der Waals surface area contributed by atoms with Crippen molar-refractivity contribution >= 4 is 29.9 Å². The predicted molar refractivity (Wildman–Crippen MR) is 109 cm³/mol. The van der Waals surface area contributed by atoms with Gasteiger partial charge in [-0.25, -0.2) is 4.99 Å². The normalized spacial score (nSPS) is 11.3. The lowest BCUT2D eigenvalue weighted by Gasteiger charge is -2.19. The van der Waals surface area contributed by atoms with Crippen LogP contribution in [-0.4, -0.2) is 70.3 Å². The first kappa shape index (κ1) is 22.1. The minimum Gasteiger partial charge on any atom is -0.383 e. The van der Waals surface area contributed by atoms with Crippen LogP contribution < -0.4 is 5.32 Å². The summed E-state index contributed by atoms with van der Waals surface area (Å²) in [5.74, 6) is 0.934. The number of guanidine groups is 1. The van der Waals surface area contributed by atoms with Gasteiger partial charge in [0, 0.05) is 34.3 Å². The number of rotatable bonds is 9. The lowest BCUT2D eigenvalue weighted by molar-refractivity contribution is 0.161. The molecule has 0 fully saturated rings. The Balaban J connectivity index is 0.00000484. The maximum atomic E-state index is 5.08. The van der Waals surface area contributed by atoms with Crippen molar-refractivity contribution in [2.75, 3.05) is 54.5 Å². The number of nitrogens with zero attached hydrogens (tertiary/aromatic N) is 3. The van der Waals surface area contributed by atoms with E-state index < -0.39 is 0 Å². The molecule has 1 aromatic carbocycles. The topological polar surface area (TPSA) is 40.1 Å². The van der Waals surface area contributed by atoms with Crippen LogP contribution in [0, 0.1) is 0 Å². The van der Waals surface area contributed by atoms with Gasteiger partial charge in [-0.2, -0.15) is 0 Å². The van der Waals surface area contributed by atoms with Crippen molar-refractivity contribution in [2.24, 2.45) is 4.99 Å². The molecule has 1 rings (SSSR count). The Bertz CT molecular complexity index is 426. The van der Waals surface area contributed by atoms with E-state index in [1.54, 1.807) is 7.11 Å². The molecule has 6 heteroatoms. The zero-order valence-electron chi connectivity index (χ0n) is 14.8. The van der Waals surface area contributed by atoms with Crippen molar-refractivity contribution < 1.29 is 4.74 Å². The Labute approximate surface area is 158 Å². The fourth-order valence-corrected chi connectivity index (χ4v) is 2.01. The molecular formula is C17H31IN4O. The Morgan fingerprint density at radius 1 is 1.13 bits per heavy atom. The highest BCUT2D eigenvalue weighted by atomic mass is 127. The maximum absolute atomic E-state index is 5.08. The second-order valence-corrected chi connectivity index (χ2v) is 5.60. The van der Waals surface area contributed by atoms with Crippen LogP contribution in [0.1, 0.15) is 12.0 Å². The first-order valence-electron chi connectivity index (χ1n) is 7.80. The number of benzene rings is 1. The third kappa shape index (κ3) is 10.5. The van der Waals surface area contributed by atoms with Crippen LogP contribution in [0.4, 0.5) is 0 Å². The Morgan fingerprint density at radius 2 is 1.83 bits per heavy atom. The minimum atomic E-state index is 0. The zero-order valence-corrected chi connectivity index (χ0v) is 17.1. The third-order valence-electron chi connectivity index (χ3n) is 3.35. The van der Waals surface area contributed by atoms with Crippen molar-refractivity contribution in [3.63, 3.8) is 0 Å². The number of likely N-dealkylation sites (N-methyl/N-ethyl adjacent to an activating group) is 1. The van der Waals surface area contributed by atoms with Crippen LogP contribution in [0.25, 0.3) is 0 Å². The molecule has 0 unspecified atom stereocenters. The van der Waals surface area contributed by atoms with E-state index in [-0.39, 0.29) is 24.0 Å². The highest BCUT2D eigenvalue weighted by Crippen LogP contribution is 2.00. The summed E-state index contributed by atoms with van der Waals surface area (Å²) in [6, 6.07) is 10.3. The van der Waals surface area contributed by atoms with E-state index in [1.165, 1.54) is 5.56 Å². The van der Waals surface area contributed by atoms with E-state index in [2.05, 4.69) is 34.4 Å². The molecular weight excluding hydrogens is 403 g/mol. The van der Waals surface area contributed by atoms with Gasteiger partial charge in [-0.3, -0.25) is 0 Å². The summed E-state index contributed by atoms with van der Waals surface area (Å²) in [6.07, 6.45) is 1.08. The van der Waals surface area contributed by atoms with Gasteiger partial charge in [0.15, 0.2) is 5.96 Å². The van der Waals surface area contributed by atoms with Gasteiger partial charge in [0.2, 0.25) is 0 Å². The number of hydrogen-bond acceptors (Lipinski definition) is 3. The van der Waals surface area contributed by atoms with Crippen molar-refractivity contribution in [1.29, 1.82) is 0 Å². The van der Waals surface area contributed by atoms with E-state index >= 15 is 0 Å². The van der Waals surface area contributed by atoms with Crippen LogP contribution in [0.2, 0.25) is 0 Å². The van der Waals surface area contributed by atoms with Gasteiger partial charge in [-0.05, 0) is 25.6 Å². The standard InChI is InChI=1S/C17H30N4O.HI/c1-20(2)17(19-15-16-9-6-5-7-10-16)18-11-8-12-21(3)13-14-22-4;/h5-7,9-10H,8,11-15H2,1-4H3,(H,18,19);1H. The van der Waals surface area contributed by atoms with Crippen LogP contribution >= 0.6 is 24.0 Å². The molecule has 0 spiro atoms. The highest BCUT2D eigenvalue weighted by Gasteiger charge is 2.02. The van der Waals surface area contributed by atoms with Crippen LogP contribution in [0.3, 0.4) is 0 Å². The number of ether oxygens (including phenoxy) is 1. The predicted octanol–water partition coefficient (Wildman–Crippen LogP) is 2.28. The summed E-state index contributed by atoms with van der Waals surface area (Å²) in [4.78, 5) is 8.96. The van der Waals surface area contributed by atoms with Gasteiger partial charge in [-0.15, -0.1) is 24.0 Å². The van der Waals surface area contributed by atoms with E-state index in [1.807, 2.05) is 37.2 Å². The van der Waals surface area contributed by atoms with Crippen molar-refractivity contribution in [1.82, 2.24) is 15.1 Å². The summed E-state index contributed by atoms with van der Waals surface area (Å²) in [5, 5.41) is 3.42. The molecule has 0 aliphatic carbocycles. The number of methoxy groups -OCH3 is 1. The van der Waals surface area contributed by atoms with Gasteiger partial charge < -0.3 is 19.9 Å². The SMILES string of the molecule is COCCN(C)CCCNC(=NCc1ccccc1)N(C)C.I. The van der Waals surface area contributed by atoms with E-state index in [4.69, 9.17) is 4.74 Å². The van der Waals surface area contributed by atoms with Crippen LogP contribution in [-0.2, 0) is 11.3 Å². The zero-order chi connectivity index (χ0) is 16.2. The molecule has 132 valence electrons. The number of aliphatic imine (C=N–C) groups is 1. The number of nitrogens with one attached hydrogen (secondary N) is 1. The molecule has 0 aliphatic heterocycles. The van der Waals surface area contributed by atoms with Crippen molar-refractivity contribution in [2.45, 2.75) is 13.0 Å². The molecule has 0 aromatic heterocycles. The molecule has 0 radical (unpaired) electrons. The number of halogens is 1. The molecule has 0 atom stereocenters. The molecule has 5 nitrogen and oxygen atoms in total. The van der Waals surface area contributed by atoms with Crippen LogP contribution in [0.15, 0.2) is 35.3 Å². The lowest BCUT2D eigenvalue weighted by atomic mass is 10.2. The molecule has 0 saturated carbocycles. The largest absolute Gasteiger partial charge is 0.383 e. The minimum absolute atomic E-state index is 0. The summed E-state index contributed by atoms with van der Waals surface area (Å²) >= 11 is 0. The van der Waals surface area contributed by atoms with Gasteiger partial charge in [0.05, 0.1) is 13.2 Å². The Kier molecular flexibility index (Phi) is 13.1. The van der Waals surface area contributed by atoms with Gasteiger partial charge in [-0.1, -0.05) is 30.3 Å². The Hall–Kier alpha value is -0.860. The molecule has 0 heterocycles. The van der Waals surface area contributed by atoms with Gasteiger partial charge in [0.1, 0.15) is 0 Å². The fourth-order valence-electron chi connectivity index (χ4n) is 2.01. The summed E-state index contributed by atoms with van der Waals surface area (Å²) in [5.41, 5.74) is 1.22. The monoisotopic (exact) mass is 434 g/mol. The molecule has 1 N–H and O–H groups in total. The Morgan fingerprint density at radius 3 is 2.43 bits per heavy atom. The second-order valence-electron chi connectivity index (χ2n) is 5.60. The first-order valence-corrected chi connectivity index (χ1v) is 7.80. The van der Waals surface area contributed by atoms with Crippen molar-refractivity contribution in [3.8, 4) is 0 Å². The average Bonchev–Trinajstić information content (AvgIpc) is 2.52. The van der Waals surface area contributed by atoms with E-state index in [9.17, 15) is 0 Å². The quantitative estimate of drug-likeness (QED) is 0.280. The maximum Gasteiger partial charge on any atom is 0.193 e. The molecule has 0 amide bonds. The van der Waals surface area contributed by atoms with E-state index in [0.29, 0.717) is 6.54 Å². The summed E-state index contributed by atoms with van der Waals surface area (Å²) in [6.45, 7) is 4.43. The molecule has 23 heavy (non-hydrogen) atoms. The van der Waals surface area contributed by atoms with E-state index in [0.717, 1.165) is 38.6 Å². The first-order chi connectivity index (χ1) is 10.6. The van der Waals surface area contributed by atoms with Crippen molar-refractivity contribution in [3.05, 3.63) is 35.9 Å². The second kappa shape index (κ2) is 13.6. The summed E-state index contributed by atoms with van der Waals surface area (Å²) in [7, 11) is 7.89. The molecule has 0 bridgehead atoms. The third-order valence-corrected chi connectivity index (χ3v) is 3.35. The fraction of sp³-hybridized carbons (Fsp3) is 0.588. The smallest absolute Gasteiger partial charge is 0.193 e. The summed E-state index contributed by atoms with van der Waals surface area (Å²) < 4.78 is 5.08.